The van der Waals surface area contributed by atoms with Crippen molar-refractivity contribution in [3.8, 4) is 10.6 Å². The van der Waals surface area contributed by atoms with Crippen molar-refractivity contribution >= 4 is 65.3 Å². The van der Waals surface area contributed by atoms with Gasteiger partial charge < -0.3 is 10.2 Å². The van der Waals surface area contributed by atoms with E-state index in [-0.39, 0.29) is 36.8 Å². The van der Waals surface area contributed by atoms with Gasteiger partial charge in [-0.05, 0) is 32.0 Å². The van der Waals surface area contributed by atoms with Crippen molar-refractivity contribution in [2.45, 2.75) is 32.4 Å². The van der Waals surface area contributed by atoms with Crippen LogP contribution in [0.5, 0.6) is 0 Å². The van der Waals surface area contributed by atoms with E-state index in [1.807, 2.05) is 16.3 Å². The Morgan fingerprint density at radius 1 is 1.35 bits per heavy atom. The van der Waals surface area contributed by atoms with E-state index >= 15 is 0 Å². The van der Waals surface area contributed by atoms with Crippen molar-refractivity contribution < 1.29 is 4.79 Å². The molecule has 0 bridgehead atoms. The highest BCUT2D eigenvalue weighted by Crippen LogP contribution is 2.32. The van der Waals surface area contributed by atoms with Gasteiger partial charge >= 0.3 is 0 Å². The highest BCUT2D eigenvalue weighted by Gasteiger charge is 2.28. The second-order valence-corrected chi connectivity index (χ2v) is 7.72. The smallest absolute Gasteiger partial charge is 0.228 e. The summed E-state index contributed by atoms with van der Waals surface area (Å²) in [7, 11) is 0. The van der Waals surface area contributed by atoms with Crippen LogP contribution in [0.25, 0.3) is 10.6 Å². The first kappa shape index (κ1) is 23.5. The summed E-state index contributed by atoms with van der Waals surface area (Å²) in [5.74, 6) is 0.120. The maximum atomic E-state index is 12.6. The monoisotopic (exact) mass is 455 g/mol. The normalized spacial score (nSPS) is 19.5. The summed E-state index contributed by atoms with van der Waals surface area (Å²) in [6.45, 7) is 5.76. The molecule has 9 heteroatoms. The van der Waals surface area contributed by atoms with Gasteiger partial charge in [0.05, 0.1) is 17.1 Å². The number of aromatic nitrogens is 1. The summed E-state index contributed by atoms with van der Waals surface area (Å²) in [6.07, 6.45) is 0.318. The Bertz CT molecular complexity index is 755. The number of hydrogen-bond donors (Lipinski definition) is 1. The molecule has 26 heavy (non-hydrogen) atoms. The Balaban J connectivity index is 0.00000169. The first-order chi connectivity index (χ1) is 11.5. The third kappa shape index (κ3) is 5.24. The predicted molar refractivity (Wildman–Crippen MR) is 114 cm³/mol. The fourth-order valence-electron chi connectivity index (χ4n) is 2.84. The van der Waals surface area contributed by atoms with Crippen LogP contribution in [0.2, 0.25) is 10.0 Å². The average Bonchev–Trinajstić information content (AvgIpc) is 2.98. The quantitative estimate of drug-likeness (QED) is 0.727. The second-order valence-electron chi connectivity index (χ2n) is 6.02. The van der Waals surface area contributed by atoms with Crippen molar-refractivity contribution in [1.29, 1.82) is 0 Å². The standard InChI is InChI=1S/C17H19Cl2N3OS.2ClH/c1-10-11(2)22(6-5-20-10)16(23)8-13-9-24-17(21-13)14-4-3-12(18)7-15(14)19;;/h3-4,7,9-11,20H,5-6,8H2,1-2H3;2*1H. The summed E-state index contributed by atoms with van der Waals surface area (Å²) in [6, 6.07) is 5.85. The van der Waals surface area contributed by atoms with E-state index in [0.29, 0.717) is 22.5 Å². The molecule has 144 valence electrons. The Labute approximate surface area is 180 Å². The molecule has 1 aromatic carbocycles. The summed E-state index contributed by atoms with van der Waals surface area (Å²) >= 11 is 13.7. The third-order valence-electron chi connectivity index (χ3n) is 4.40. The van der Waals surface area contributed by atoms with Gasteiger partial charge in [0.15, 0.2) is 0 Å². The average molecular weight is 457 g/mol. The molecule has 1 aliphatic heterocycles. The van der Waals surface area contributed by atoms with Crippen LogP contribution in [0.4, 0.5) is 0 Å². The minimum Gasteiger partial charge on any atom is -0.337 e. The first-order valence-electron chi connectivity index (χ1n) is 7.88. The number of benzene rings is 1. The molecule has 0 aliphatic carbocycles. The number of piperazine rings is 1. The fourth-order valence-corrected chi connectivity index (χ4v) is 4.25. The summed E-state index contributed by atoms with van der Waals surface area (Å²) in [5.41, 5.74) is 1.62. The van der Waals surface area contributed by atoms with Crippen LogP contribution in [0, 0.1) is 0 Å². The zero-order valence-corrected chi connectivity index (χ0v) is 18.3. The number of amides is 1. The highest BCUT2D eigenvalue weighted by molar-refractivity contribution is 7.13. The van der Waals surface area contributed by atoms with Gasteiger partial charge in [0, 0.05) is 41.1 Å². The molecule has 1 fully saturated rings. The summed E-state index contributed by atoms with van der Waals surface area (Å²) in [4.78, 5) is 19.1. The van der Waals surface area contributed by atoms with Gasteiger partial charge in [0.2, 0.25) is 5.91 Å². The van der Waals surface area contributed by atoms with Gasteiger partial charge in [-0.15, -0.1) is 36.2 Å². The van der Waals surface area contributed by atoms with Gasteiger partial charge in [-0.3, -0.25) is 4.79 Å². The molecule has 3 rings (SSSR count). The maximum Gasteiger partial charge on any atom is 0.228 e. The van der Waals surface area contributed by atoms with Crippen molar-refractivity contribution in [3.63, 3.8) is 0 Å². The molecule has 0 saturated carbocycles. The lowest BCUT2D eigenvalue weighted by Crippen LogP contribution is -2.57. The van der Waals surface area contributed by atoms with E-state index in [2.05, 4.69) is 24.1 Å². The topological polar surface area (TPSA) is 45.2 Å². The molecule has 1 amide bonds. The van der Waals surface area contributed by atoms with Gasteiger partial charge in [-0.25, -0.2) is 4.98 Å². The van der Waals surface area contributed by atoms with E-state index in [1.54, 1.807) is 12.1 Å². The molecule has 4 nitrogen and oxygen atoms in total. The summed E-state index contributed by atoms with van der Waals surface area (Å²) < 4.78 is 0. The van der Waals surface area contributed by atoms with E-state index in [9.17, 15) is 4.79 Å². The second kappa shape index (κ2) is 10.1. The Morgan fingerprint density at radius 3 is 2.77 bits per heavy atom. The Hall–Kier alpha value is -0.560. The molecule has 2 heterocycles. The maximum absolute atomic E-state index is 12.6. The molecule has 0 spiro atoms. The summed E-state index contributed by atoms with van der Waals surface area (Å²) in [5, 5.41) is 7.28. The molecule has 1 saturated heterocycles. The number of rotatable bonds is 3. The van der Waals surface area contributed by atoms with Gasteiger partial charge in [-0.1, -0.05) is 23.2 Å². The lowest BCUT2D eigenvalue weighted by Gasteiger charge is -2.38. The molecule has 2 atom stereocenters. The van der Waals surface area contributed by atoms with Crippen LogP contribution < -0.4 is 5.32 Å². The van der Waals surface area contributed by atoms with Gasteiger partial charge in [0.25, 0.3) is 0 Å². The molecule has 2 aromatic rings. The first-order valence-corrected chi connectivity index (χ1v) is 9.52. The lowest BCUT2D eigenvalue weighted by molar-refractivity contribution is -0.134. The molecule has 1 aromatic heterocycles. The van der Waals surface area contributed by atoms with Gasteiger partial charge in [0.1, 0.15) is 5.01 Å². The van der Waals surface area contributed by atoms with Crippen molar-refractivity contribution in [1.82, 2.24) is 15.2 Å². The van der Waals surface area contributed by atoms with Gasteiger partial charge in [-0.2, -0.15) is 0 Å². The number of carbonyl (C=O) groups excluding carboxylic acids is 1. The van der Waals surface area contributed by atoms with Crippen LogP contribution >= 0.6 is 59.4 Å². The zero-order chi connectivity index (χ0) is 17.3. The Kier molecular flexibility index (Phi) is 9.13. The van der Waals surface area contributed by atoms with Crippen LogP contribution in [0.15, 0.2) is 23.6 Å². The number of nitrogens with one attached hydrogen (secondary N) is 1. The molecular formula is C17H21Cl4N3OS. The Morgan fingerprint density at radius 2 is 2.08 bits per heavy atom. The van der Waals surface area contributed by atoms with E-state index < -0.39 is 0 Å². The van der Waals surface area contributed by atoms with Crippen molar-refractivity contribution in [3.05, 3.63) is 39.3 Å². The van der Waals surface area contributed by atoms with Crippen molar-refractivity contribution in [2.24, 2.45) is 0 Å². The van der Waals surface area contributed by atoms with Crippen molar-refractivity contribution in [2.75, 3.05) is 13.1 Å². The van der Waals surface area contributed by atoms with Crippen LogP contribution in [-0.2, 0) is 11.2 Å². The number of halogens is 4. The van der Waals surface area contributed by atoms with Crippen LogP contribution in [-0.4, -0.2) is 41.0 Å². The lowest BCUT2D eigenvalue weighted by atomic mass is 10.1. The number of carbonyl (C=O) groups is 1. The fraction of sp³-hybridized carbons (Fsp3) is 0.412. The number of nitrogens with zero attached hydrogens (tertiary/aromatic N) is 2. The minimum absolute atomic E-state index is 0. The van der Waals surface area contributed by atoms with E-state index in [1.165, 1.54) is 11.3 Å². The predicted octanol–water partition coefficient (Wildman–Crippen LogP) is 4.71. The van der Waals surface area contributed by atoms with Crippen LogP contribution in [0.1, 0.15) is 19.5 Å². The molecule has 2 unspecified atom stereocenters. The SMILES string of the molecule is CC1NCCN(C(=O)Cc2csc(-c3ccc(Cl)cc3Cl)n2)C1C.Cl.Cl. The number of hydrogen-bond acceptors (Lipinski definition) is 4. The highest BCUT2D eigenvalue weighted by atomic mass is 35.5. The van der Waals surface area contributed by atoms with Crippen LogP contribution in [0.3, 0.4) is 0 Å². The molecule has 1 aliphatic rings. The largest absolute Gasteiger partial charge is 0.337 e. The molecule has 0 radical (unpaired) electrons. The zero-order valence-electron chi connectivity index (χ0n) is 14.4. The molecule has 1 N–H and O–H groups in total. The van der Waals surface area contributed by atoms with E-state index in [0.717, 1.165) is 29.4 Å². The third-order valence-corrected chi connectivity index (χ3v) is 5.87. The minimum atomic E-state index is 0. The molecular weight excluding hydrogens is 436 g/mol. The van der Waals surface area contributed by atoms with E-state index in [4.69, 9.17) is 23.2 Å². The number of thiazole rings is 1.